The van der Waals surface area contributed by atoms with Crippen molar-refractivity contribution in [3.8, 4) is 0 Å². The van der Waals surface area contributed by atoms with E-state index in [0.717, 1.165) is 11.3 Å². The van der Waals surface area contributed by atoms with Gasteiger partial charge in [-0.05, 0) is 51.5 Å². The molecule has 2 rings (SSSR count). The van der Waals surface area contributed by atoms with Crippen LogP contribution in [0.4, 0.5) is 0 Å². The third-order valence-electron chi connectivity index (χ3n) is 3.22. The van der Waals surface area contributed by atoms with Gasteiger partial charge in [0.25, 0.3) is 0 Å². The van der Waals surface area contributed by atoms with E-state index < -0.39 is 0 Å². The Labute approximate surface area is 129 Å². The van der Waals surface area contributed by atoms with Crippen molar-refractivity contribution < 1.29 is 9.53 Å². The Balaban J connectivity index is 2.19. The van der Waals surface area contributed by atoms with Gasteiger partial charge in [0.1, 0.15) is 0 Å². The number of aryl methyl sites for hydroxylation is 2. The Morgan fingerprint density at radius 2 is 1.86 bits per heavy atom. The highest BCUT2D eigenvalue weighted by Crippen LogP contribution is 2.09. The number of hydrogen-bond donors (Lipinski definition) is 0. The number of hydrogen-bond acceptors (Lipinski definition) is 4. The molecule has 0 bridgehead atoms. The average molecular weight is 300 g/mol. The maximum absolute atomic E-state index is 11.9. The Hall–Kier alpha value is -2.43. The summed E-state index contributed by atoms with van der Waals surface area (Å²) < 4.78 is 6.75. The third kappa shape index (κ3) is 3.81. The van der Waals surface area contributed by atoms with Gasteiger partial charge in [-0.3, -0.25) is 4.57 Å². The molecular formula is C17H20N2O3. The summed E-state index contributed by atoms with van der Waals surface area (Å²) in [6.07, 6.45) is -0.146. The van der Waals surface area contributed by atoms with Crippen LogP contribution in [0.3, 0.4) is 0 Å². The average Bonchev–Trinajstić information content (AvgIpc) is 2.42. The molecule has 1 heterocycles. The van der Waals surface area contributed by atoms with Crippen LogP contribution < -0.4 is 5.69 Å². The molecule has 0 amide bonds. The van der Waals surface area contributed by atoms with Crippen molar-refractivity contribution in [1.82, 2.24) is 9.55 Å². The van der Waals surface area contributed by atoms with Crippen LogP contribution in [0.5, 0.6) is 0 Å². The number of carbonyl (C=O) groups is 1. The molecule has 22 heavy (non-hydrogen) atoms. The molecule has 0 spiro atoms. The summed E-state index contributed by atoms with van der Waals surface area (Å²) in [4.78, 5) is 27.7. The zero-order valence-corrected chi connectivity index (χ0v) is 13.3. The van der Waals surface area contributed by atoms with E-state index in [-0.39, 0.29) is 17.8 Å². The first-order chi connectivity index (χ1) is 10.4. The molecule has 1 aromatic carbocycles. The number of aromatic nitrogens is 2. The number of carbonyl (C=O) groups excluding carboxylic acids is 1. The molecule has 0 saturated heterocycles. The van der Waals surface area contributed by atoms with E-state index in [1.807, 2.05) is 39.0 Å². The van der Waals surface area contributed by atoms with Gasteiger partial charge in [-0.1, -0.05) is 12.1 Å². The molecule has 0 aliphatic carbocycles. The molecule has 0 aliphatic rings. The van der Waals surface area contributed by atoms with Crippen molar-refractivity contribution in [3.05, 3.63) is 63.3 Å². The fourth-order valence-corrected chi connectivity index (χ4v) is 2.18. The number of rotatable bonds is 4. The Morgan fingerprint density at radius 3 is 2.41 bits per heavy atom. The lowest BCUT2D eigenvalue weighted by molar-refractivity contribution is 0.0378. The van der Waals surface area contributed by atoms with Crippen molar-refractivity contribution in [2.45, 2.75) is 40.3 Å². The number of nitrogens with zero attached hydrogens (tertiary/aromatic N) is 2. The van der Waals surface area contributed by atoms with Gasteiger partial charge < -0.3 is 4.74 Å². The summed E-state index contributed by atoms with van der Waals surface area (Å²) in [6.45, 7) is 7.73. The van der Waals surface area contributed by atoms with E-state index in [2.05, 4.69) is 4.98 Å². The van der Waals surface area contributed by atoms with Gasteiger partial charge >= 0.3 is 11.7 Å². The number of ether oxygens (including phenoxy) is 1. The maximum Gasteiger partial charge on any atom is 0.348 e. The van der Waals surface area contributed by atoms with Gasteiger partial charge in [0.15, 0.2) is 0 Å². The van der Waals surface area contributed by atoms with Crippen LogP contribution in [0.15, 0.2) is 35.1 Å². The zero-order valence-electron chi connectivity index (χ0n) is 13.3. The molecule has 0 atom stereocenters. The molecule has 0 saturated carbocycles. The summed E-state index contributed by atoms with van der Waals surface area (Å²) in [5, 5.41) is 0. The highest BCUT2D eigenvalue weighted by Gasteiger charge is 2.09. The second-order valence-corrected chi connectivity index (χ2v) is 5.56. The second kappa shape index (κ2) is 6.56. The first-order valence-corrected chi connectivity index (χ1v) is 7.22. The Kier molecular flexibility index (Phi) is 4.75. The van der Waals surface area contributed by atoms with Crippen molar-refractivity contribution in [2.24, 2.45) is 0 Å². The SMILES string of the molecule is Cc1cc(C)n(Cc2ccc(C(=O)OC(C)C)cc2)c(=O)n1. The molecule has 1 aromatic heterocycles. The zero-order chi connectivity index (χ0) is 16.3. The predicted molar refractivity (Wildman–Crippen MR) is 84.1 cm³/mol. The molecule has 2 aromatic rings. The lowest BCUT2D eigenvalue weighted by Gasteiger charge is -2.11. The summed E-state index contributed by atoms with van der Waals surface area (Å²) >= 11 is 0. The molecule has 116 valence electrons. The van der Waals surface area contributed by atoms with Gasteiger partial charge in [0.2, 0.25) is 0 Å². The highest BCUT2D eigenvalue weighted by atomic mass is 16.5. The minimum Gasteiger partial charge on any atom is -0.459 e. The monoisotopic (exact) mass is 300 g/mol. The van der Waals surface area contributed by atoms with Crippen molar-refractivity contribution >= 4 is 5.97 Å². The number of benzene rings is 1. The summed E-state index contributed by atoms with van der Waals surface area (Å²) in [7, 11) is 0. The van der Waals surface area contributed by atoms with Gasteiger partial charge in [0, 0.05) is 11.4 Å². The number of esters is 1. The Morgan fingerprint density at radius 1 is 1.23 bits per heavy atom. The van der Waals surface area contributed by atoms with E-state index in [9.17, 15) is 9.59 Å². The predicted octanol–water partition coefficient (Wildman–Crippen LogP) is 2.47. The third-order valence-corrected chi connectivity index (χ3v) is 3.22. The van der Waals surface area contributed by atoms with Gasteiger partial charge in [-0.2, -0.15) is 4.98 Å². The lowest BCUT2D eigenvalue weighted by Crippen LogP contribution is -2.26. The first kappa shape index (κ1) is 15.9. The van der Waals surface area contributed by atoms with Crippen LogP contribution >= 0.6 is 0 Å². The van der Waals surface area contributed by atoms with Crippen LogP contribution in [0.2, 0.25) is 0 Å². The molecular weight excluding hydrogens is 280 g/mol. The molecule has 0 fully saturated rings. The fraction of sp³-hybridized carbons (Fsp3) is 0.353. The minimum atomic E-state index is -0.341. The van der Waals surface area contributed by atoms with Gasteiger partial charge in [-0.15, -0.1) is 0 Å². The topological polar surface area (TPSA) is 61.2 Å². The first-order valence-electron chi connectivity index (χ1n) is 7.22. The van der Waals surface area contributed by atoms with Gasteiger partial charge in [0.05, 0.1) is 18.2 Å². The summed E-state index contributed by atoms with van der Waals surface area (Å²) in [5.41, 5.74) is 2.74. The van der Waals surface area contributed by atoms with E-state index in [0.29, 0.717) is 17.8 Å². The quantitative estimate of drug-likeness (QED) is 0.814. The van der Waals surface area contributed by atoms with Crippen molar-refractivity contribution in [3.63, 3.8) is 0 Å². The maximum atomic E-state index is 11.9. The van der Waals surface area contributed by atoms with Crippen LogP contribution in [-0.2, 0) is 11.3 Å². The van der Waals surface area contributed by atoms with Gasteiger partial charge in [-0.25, -0.2) is 9.59 Å². The van der Waals surface area contributed by atoms with Crippen LogP contribution in [0.25, 0.3) is 0 Å². The molecule has 0 N–H and O–H groups in total. The van der Waals surface area contributed by atoms with Crippen LogP contribution in [-0.4, -0.2) is 21.6 Å². The molecule has 5 nitrogen and oxygen atoms in total. The highest BCUT2D eigenvalue weighted by molar-refractivity contribution is 5.89. The van der Waals surface area contributed by atoms with Crippen LogP contribution in [0.1, 0.15) is 41.2 Å². The largest absolute Gasteiger partial charge is 0.459 e. The summed E-state index contributed by atoms with van der Waals surface area (Å²) in [5.74, 6) is -0.341. The molecule has 5 heteroatoms. The van der Waals surface area contributed by atoms with E-state index in [1.165, 1.54) is 0 Å². The van der Waals surface area contributed by atoms with E-state index in [4.69, 9.17) is 4.74 Å². The van der Waals surface area contributed by atoms with Crippen LogP contribution in [0, 0.1) is 13.8 Å². The minimum absolute atomic E-state index is 0.146. The summed E-state index contributed by atoms with van der Waals surface area (Å²) in [6, 6.07) is 8.94. The van der Waals surface area contributed by atoms with E-state index in [1.54, 1.807) is 23.6 Å². The molecule has 0 radical (unpaired) electrons. The van der Waals surface area contributed by atoms with Crippen molar-refractivity contribution in [2.75, 3.05) is 0 Å². The fourth-order valence-electron chi connectivity index (χ4n) is 2.18. The lowest BCUT2D eigenvalue weighted by atomic mass is 10.1. The van der Waals surface area contributed by atoms with Crippen molar-refractivity contribution in [1.29, 1.82) is 0 Å². The smallest absolute Gasteiger partial charge is 0.348 e. The normalized spacial score (nSPS) is 10.8. The molecule has 0 unspecified atom stereocenters. The molecule has 0 aliphatic heterocycles. The second-order valence-electron chi connectivity index (χ2n) is 5.56. The van der Waals surface area contributed by atoms with E-state index >= 15 is 0 Å². The standard InChI is InChI=1S/C17H20N2O3/c1-11(2)22-16(20)15-7-5-14(6-8-15)10-19-13(4)9-12(3)18-17(19)21/h5-9,11H,10H2,1-4H3. The Bertz CT molecular complexity index is 731.